The van der Waals surface area contributed by atoms with Crippen LogP contribution in [0.3, 0.4) is 0 Å². The Morgan fingerprint density at radius 3 is 2.35 bits per heavy atom. The van der Waals surface area contributed by atoms with E-state index < -0.39 is 0 Å². The Morgan fingerprint density at radius 2 is 1.68 bits per heavy atom. The first-order valence-electron chi connectivity index (χ1n) is 10.2. The molecule has 0 unspecified atom stereocenters. The van der Waals surface area contributed by atoms with Gasteiger partial charge in [-0.25, -0.2) is 4.68 Å². The van der Waals surface area contributed by atoms with Gasteiger partial charge >= 0.3 is 0 Å². The van der Waals surface area contributed by atoms with E-state index in [0.717, 1.165) is 28.1 Å². The van der Waals surface area contributed by atoms with E-state index in [1.54, 1.807) is 18.1 Å². The van der Waals surface area contributed by atoms with Gasteiger partial charge in [0.25, 0.3) is 5.91 Å². The Bertz CT molecular complexity index is 1180. The summed E-state index contributed by atoms with van der Waals surface area (Å²) in [7, 11) is 3.42. The molecule has 1 heterocycles. The highest BCUT2D eigenvalue weighted by atomic mass is 16.5. The third-order valence-corrected chi connectivity index (χ3v) is 5.27. The molecule has 1 amide bonds. The lowest BCUT2D eigenvalue weighted by atomic mass is 10.1. The fraction of sp³-hybridized carbons (Fsp3) is 0.154. The van der Waals surface area contributed by atoms with Gasteiger partial charge < -0.3 is 9.64 Å². The number of para-hydroxylation sites is 1. The first-order valence-corrected chi connectivity index (χ1v) is 10.2. The van der Waals surface area contributed by atoms with E-state index in [2.05, 4.69) is 0 Å². The van der Waals surface area contributed by atoms with Gasteiger partial charge in [-0.3, -0.25) is 4.79 Å². The molecule has 0 atom stereocenters. The highest BCUT2D eigenvalue weighted by Crippen LogP contribution is 2.26. The number of carbonyl (C=O) groups excluding carboxylic acids is 1. The fourth-order valence-corrected chi connectivity index (χ4v) is 3.58. The molecule has 3 aromatic carbocycles. The third-order valence-electron chi connectivity index (χ3n) is 5.27. The van der Waals surface area contributed by atoms with Crippen LogP contribution in [0.4, 0.5) is 0 Å². The predicted molar refractivity (Wildman–Crippen MR) is 123 cm³/mol. The topological polar surface area (TPSA) is 47.4 Å². The molecule has 0 fully saturated rings. The normalized spacial score (nSPS) is 10.7. The van der Waals surface area contributed by atoms with Crippen molar-refractivity contribution in [3.63, 3.8) is 0 Å². The second kappa shape index (κ2) is 8.88. The van der Waals surface area contributed by atoms with Crippen LogP contribution in [0.25, 0.3) is 16.9 Å². The number of methoxy groups -OCH3 is 1. The number of amides is 1. The van der Waals surface area contributed by atoms with Gasteiger partial charge in [0.2, 0.25) is 0 Å². The maximum atomic E-state index is 13.1. The lowest BCUT2D eigenvalue weighted by molar-refractivity contribution is 0.0785. The first kappa shape index (κ1) is 20.4. The van der Waals surface area contributed by atoms with Gasteiger partial charge in [0.05, 0.1) is 18.5 Å². The van der Waals surface area contributed by atoms with E-state index in [0.29, 0.717) is 17.9 Å². The fourth-order valence-electron chi connectivity index (χ4n) is 3.58. The van der Waals surface area contributed by atoms with Crippen LogP contribution in [-0.2, 0) is 6.54 Å². The van der Waals surface area contributed by atoms with Crippen LogP contribution in [0.2, 0.25) is 0 Å². The standard InChI is InChI=1S/C26H25N3O2/c1-19-14-15-21(16-24(19)31-3)26(30)28(2)17-22-18-29(23-12-8-5-9-13-23)27-25(22)20-10-6-4-7-11-20/h4-16,18H,17H2,1-3H3. The lowest BCUT2D eigenvalue weighted by Crippen LogP contribution is -2.26. The second-order valence-electron chi connectivity index (χ2n) is 7.49. The summed E-state index contributed by atoms with van der Waals surface area (Å²) in [5.41, 5.74) is 5.43. The summed E-state index contributed by atoms with van der Waals surface area (Å²) in [6.45, 7) is 2.40. The molecule has 0 saturated carbocycles. The van der Waals surface area contributed by atoms with Crippen molar-refractivity contribution in [1.82, 2.24) is 14.7 Å². The largest absolute Gasteiger partial charge is 0.496 e. The molecule has 1 aromatic heterocycles. The van der Waals surface area contributed by atoms with Gasteiger partial charge in [0.1, 0.15) is 5.75 Å². The van der Waals surface area contributed by atoms with Crippen LogP contribution < -0.4 is 4.74 Å². The second-order valence-corrected chi connectivity index (χ2v) is 7.49. The van der Waals surface area contributed by atoms with Gasteiger partial charge in [-0.1, -0.05) is 54.6 Å². The Hall–Kier alpha value is -3.86. The summed E-state index contributed by atoms with van der Waals surface area (Å²) >= 11 is 0. The maximum absolute atomic E-state index is 13.1. The van der Waals surface area contributed by atoms with Gasteiger partial charge in [0.15, 0.2) is 0 Å². The van der Waals surface area contributed by atoms with Crippen molar-refractivity contribution in [3.05, 3.63) is 102 Å². The number of hydrogen-bond acceptors (Lipinski definition) is 3. The monoisotopic (exact) mass is 411 g/mol. The van der Waals surface area contributed by atoms with Crippen molar-refractivity contribution in [2.75, 3.05) is 14.2 Å². The van der Waals surface area contributed by atoms with E-state index in [9.17, 15) is 4.79 Å². The average Bonchev–Trinajstić information content (AvgIpc) is 3.24. The number of ether oxygens (including phenoxy) is 1. The zero-order valence-electron chi connectivity index (χ0n) is 17.9. The highest BCUT2D eigenvalue weighted by Gasteiger charge is 2.18. The molecular formula is C26H25N3O2. The molecule has 0 spiro atoms. The Balaban J connectivity index is 1.67. The van der Waals surface area contributed by atoms with E-state index >= 15 is 0 Å². The number of hydrogen-bond donors (Lipinski definition) is 0. The summed E-state index contributed by atoms with van der Waals surface area (Å²) < 4.78 is 7.24. The number of aromatic nitrogens is 2. The SMILES string of the molecule is COc1cc(C(=O)N(C)Cc2cn(-c3ccccc3)nc2-c2ccccc2)ccc1C. The molecule has 0 aliphatic heterocycles. The van der Waals surface area contributed by atoms with E-state index in [1.165, 1.54) is 0 Å². The molecule has 5 nitrogen and oxygen atoms in total. The summed E-state index contributed by atoms with van der Waals surface area (Å²) in [6, 6.07) is 25.6. The van der Waals surface area contributed by atoms with Crippen molar-refractivity contribution in [3.8, 4) is 22.7 Å². The summed E-state index contributed by atoms with van der Waals surface area (Å²) in [5.74, 6) is 0.644. The number of carbonyl (C=O) groups is 1. The molecule has 156 valence electrons. The van der Waals surface area contributed by atoms with Crippen molar-refractivity contribution in [2.24, 2.45) is 0 Å². The van der Waals surface area contributed by atoms with Crippen LogP contribution in [0.1, 0.15) is 21.5 Å². The van der Waals surface area contributed by atoms with E-state index in [-0.39, 0.29) is 5.91 Å². The molecular weight excluding hydrogens is 386 g/mol. The number of benzene rings is 3. The minimum absolute atomic E-state index is 0.0650. The molecule has 0 bridgehead atoms. The van der Waals surface area contributed by atoms with Crippen molar-refractivity contribution >= 4 is 5.91 Å². The molecule has 0 aliphatic rings. The number of aryl methyl sites for hydroxylation is 1. The molecule has 0 aliphatic carbocycles. The summed E-state index contributed by atoms with van der Waals surface area (Å²) in [5, 5.41) is 4.83. The molecule has 5 heteroatoms. The average molecular weight is 412 g/mol. The van der Waals surface area contributed by atoms with Crippen molar-refractivity contribution in [2.45, 2.75) is 13.5 Å². The van der Waals surface area contributed by atoms with E-state index in [4.69, 9.17) is 9.84 Å². The molecule has 0 radical (unpaired) electrons. The maximum Gasteiger partial charge on any atom is 0.254 e. The zero-order valence-corrected chi connectivity index (χ0v) is 17.9. The van der Waals surface area contributed by atoms with Crippen LogP contribution in [0.15, 0.2) is 85.1 Å². The molecule has 31 heavy (non-hydrogen) atoms. The number of rotatable bonds is 6. The quantitative estimate of drug-likeness (QED) is 0.442. The number of nitrogens with zero attached hydrogens (tertiary/aromatic N) is 3. The Labute approximate surface area is 182 Å². The van der Waals surface area contributed by atoms with Gasteiger partial charge in [-0.15, -0.1) is 0 Å². The lowest BCUT2D eigenvalue weighted by Gasteiger charge is -2.18. The zero-order chi connectivity index (χ0) is 21.8. The van der Waals surface area contributed by atoms with Gasteiger partial charge in [-0.2, -0.15) is 5.10 Å². The van der Waals surface area contributed by atoms with E-state index in [1.807, 2.05) is 97.6 Å². The van der Waals surface area contributed by atoms with Crippen LogP contribution in [0.5, 0.6) is 5.75 Å². The molecule has 0 N–H and O–H groups in total. The van der Waals surface area contributed by atoms with Gasteiger partial charge in [-0.05, 0) is 36.8 Å². The minimum atomic E-state index is -0.0650. The highest BCUT2D eigenvalue weighted by molar-refractivity contribution is 5.94. The van der Waals surface area contributed by atoms with Crippen molar-refractivity contribution < 1.29 is 9.53 Å². The molecule has 0 saturated heterocycles. The molecule has 4 aromatic rings. The summed E-state index contributed by atoms with van der Waals surface area (Å²) in [6.07, 6.45) is 2.00. The van der Waals surface area contributed by atoms with Crippen molar-refractivity contribution in [1.29, 1.82) is 0 Å². The summed E-state index contributed by atoms with van der Waals surface area (Å²) in [4.78, 5) is 14.8. The Morgan fingerprint density at radius 1 is 1.00 bits per heavy atom. The molecule has 4 rings (SSSR count). The predicted octanol–water partition coefficient (Wildman–Crippen LogP) is 5.13. The van der Waals surface area contributed by atoms with Crippen LogP contribution in [0, 0.1) is 6.92 Å². The van der Waals surface area contributed by atoms with Crippen LogP contribution in [-0.4, -0.2) is 34.7 Å². The smallest absolute Gasteiger partial charge is 0.254 e. The third kappa shape index (κ3) is 4.36. The Kier molecular flexibility index (Phi) is 5.85. The van der Waals surface area contributed by atoms with Crippen LogP contribution >= 0.6 is 0 Å². The van der Waals surface area contributed by atoms with Gasteiger partial charge in [0, 0.05) is 36.5 Å². The first-order chi connectivity index (χ1) is 15.1. The minimum Gasteiger partial charge on any atom is -0.496 e.